The molecule has 0 radical (unpaired) electrons. The lowest BCUT2D eigenvalue weighted by Gasteiger charge is -2.43. The Hall–Kier alpha value is -3.28. The van der Waals surface area contributed by atoms with Crippen molar-refractivity contribution in [2.75, 3.05) is 19.8 Å². The molecule has 0 spiro atoms. The molecule has 0 aromatic carbocycles. The van der Waals surface area contributed by atoms with Crippen molar-refractivity contribution in [3.63, 3.8) is 0 Å². The van der Waals surface area contributed by atoms with Crippen molar-refractivity contribution in [3.8, 4) is 0 Å². The fraction of sp³-hybridized carbons (Fsp3) is 0.520. The summed E-state index contributed by atoms with van der Waals surface area (Å²) in [5.41, 5.74) is -1.87. The van der Waals surface area contributed by atoms with Crippen molar-refractivity contribution in [1.29, 1.82) is 0 Å². The fourth-order valence-electron chi connectivity index (χ4n) is 4.34. The van der Waals surface area contributed by atoms with Gasteiger partial charge >= 0.3 is 5.97 Å². The van der Waals surface area contributed by atoms with Gasteiger partial charge in [-0.3, -0.25) is 24.2 Å². The maximum Gasteiger partial charge on any atom is 0.356 e. The molecule has 0 bridgehead atoms. The molecule has 1 heterocycles. The maximum absolute atomic E-state index is 13.2. The SMILES string of the molecule is C=CC(=O)NC(=C(C(=O)O)N(C(=O)C=C)C(CC)C1COCCN1)N(C(=O)C=C)C(C)(C)CC(C)O. The quantitative estimate of drug-likeness (QED) is 0.269. The molecule has 0 aromatic rings. The Morgan fingerprint density at radius 1 is 1.17 bits per heavy atom. The number of carboxylic acid groups (broad SMARTS) is 1. The Morgan fingerprint density at radius 3 is 2.19 bits per heavy atom. The summed E-state index contributed by atoms with van der Waals surface area (Å²) in [6.07, 6.45) is 2.26. The summed E-state index contributed by atoms with van der Waals surface area (Å²) in [4.78, 5) is 53.7. The normalized spacial score (nSPS) is 18.1. The molecule has 1 aliphatic rings. The van der Waals surface area contributed by atoms with Crippen molar-refractivity contribution in [2.45, 2.75) is 64.3 Å². The molecule has 1 aliphatic heterocycles. The Balaban J connectivity index is 4.07. The number of ether oxygens (including phenoxy) is 1. The number of aliphatic carboxylic acids is 1. The van der Waals surface area contributed by atoms with Gasteiger partial charge in [0.25, 0.3) is 11.8 Å². The molecule has 200 valence electrons. The van der Waals surface area contributed by atoms with Gasteiger partial charge in [0.1, 0.15) is 5.82 Å². The minimum atomic E-state index is -1.57. The Bertz CT molecular complexity index is 904. The number of nitrogens with one attached hydrogen (secondary N) is 2. The molecular formula is C25H38N4O7. The van der Waals surface area contributed by atoms with Crippen LogP contribution in [-0.2, 0) is 23.9 Å². The molecule has 3 unspecified atom stereocenters. The van der Waals surface area contributed by atoms with Crippen LogP contribution < -0.4 is 10.6 Å². The van der Waals surface area contributed by atoms with E-state index < -0.39 is 58.9 Å². The zero-order valence-corrected chi connectivity index (χ0v) is 21.5. The topological polar surface area (TPSA) is 149 Å². The zero-order chi connectivity index (χ0) is 27.6. The molecule has 1 rings (SSSR count). The predicted molar refractivity (Wildman–Crippen MR) is 134 cm³/mol. The smallest absolute Gasteiger partial charge is 0.356 e. The van der Waals surface area contributed by atoms with Gasteiger partial charge in [0.05, 0.1) is 31.4 Å². The monoisotopic (exact) mass is 506 g/mol. The molecule has 36 heavy (non-hydrogen) atoms. The van der Waals surface area contributed by atoms with Crippen LogP contribution >= 0.6 is 0 Å². The molecular weight excluding hydrogens is 468 g/mol. The van der Waals surface area contributed by atoms with Gasteiger partial charge in [-0.05, 0) is 51.8 Å². The molecule has 0 aromatic heterocycles. The van der Waals surface area contributed by atoms with E-state index in [1.807, 2.05) is 0 Å². The molecule has 3 amide bonds. The molecule has 0 saturated carbocycles. The first kappa shape index (κ1) is 30.8. The van der Waals surface area contributed by atoms with Crippen molar-refractivity contribution < 1.29 is 34.1 Å². The van der Waals surface area contributed by atoms with E-state index in [2.05, 4.69) is 30.4 Å². The molecule has 11 nitrogen and oxygen atoms in total. The van der Waals surface area contributed by atoms with Crippen molar-refractivity contribution in [2.24, 2.45) is 0 Å². The Kier molecular flexibility index (Phi) is 11.7. The largest absolute Gasteiger partial charge is 0.476 e. The first-order valence-electron chi connectivity index (χ1n) is 11.7. The first-order chi connectivity index (χ1) is 16.9. The molecule has 1 saturated heterocycles. The number of carboxylic acids is 1. The highest BCUT2D eigenvalue weighted by atomic mass is 16.5. The van der Waals surface area contributed by atoms with Gasteiger partial charge < -0.3 is 25.6 Å². The predicted octanol–water partition coefficient (Wildman–Crippen LogP) is 0.888. The average molecular weight is 507 g/mol. The van der Waals surface area contributed by atoms with Gasteiger partial charge in [0, 0.05) is 12.1 Å². The van der Waals surface area contributed by atoms with Crippen LogP contribution in [0.25, 0.3) is 0 Å². The van der Waals surface area contributed by atoms with Crippen LogP contribution in [0.3, 0.4) is 0 Å². The van der Waals surface area contributed by atoms with Crippen molar-refractivity contribution >= 4 is 23.7 Å². The number of aliphatic hydroxyl groups excluding tert-OH is 1. The summed E-state index contributed by atoms with van der Waals surface area (Å²) in [5, 5.41) is 26.1. The molecule has 3 atom stereocenters. The van der Waals surface area contributed by atoms with Gasteiger partial charge in [-0.15, -0.1) is 0 Å². The third kappa shape index (κ3) is 7.61. The van der Waals surface area contributed by atoms with Crippen molar-refractivity contribution in [1.82, 2.24) is 20.4 Å². The third-order valence-corrected chi connectivity index (χ3v) is 5.69. The van der Waals surface area contributed by atoms with Crippen LogP contribution in [0.15, 0.2) is 49.5 Å². The summed E-state index contributed by atoms with van der Waals surface area (Å²) in [7, 11) is 0. The highest BCUT2D eigenvalue weighted by Gasteiger charge is 2.42. The summed E-state index contributed by atoms with van der Waals surface area (Å²) in [6, 6.07) is -1.18. The van der Waals surface area contributed by atoms with E-state index in [4.69, 9.17) is 4.74 Å². The summed E-state index contributed by atoms with van der Waals surface area (Å²) >= 11 is 0. The molecule has 4 N–H and O–H groups in total. The second-order valence-electron chi connectivity index (χ2n) is 8.96. The van der Waals surface area contributed by atoms with E-state index in [0.717, 1.165) is 28.0 Å². The van der Waals surface area contributed by atoms with E-state index in [1.165, 1.54) is 6.92 Å². The minimum absolute atomic E-state index is 0.0115. The highest BCUT2D eigenvalue weighted by molar-refractivity contribution is 6.00. The second-order valence-corrected chi connectivity index (χ2v) is 8.96. The van der Waals surface area contributed by atoms with E-state index in [0.29, 0.717) is 19.6 Å². The van der Waals surface area contributed by atoms with E-state index in [9.17, 15) is 29.4 Å². The fourth-order valence-corrected chi connectivity index (χ4v) is 4.34. The van der Waals surface area contributed by atoms with Crippen molar-refractivity contribution in [3.05, 3.63) is 49.5 Å². The lowest BCUT2D eigenvalue weighted by atomic mass is 9.94. The molecule has 11 heteroatoms. The lowest BCUT2D eigenvalue weighted by molar-refractivity contribution is -0.141. The zero-order valence-electron chi connectivity index (χ0n) is 21.5. The summed E-state index contributed by atoms with van der Waals surface area (Å²) in [6.45, 7) is 18.0. The van der Waals surface area contributed by atoms with Crippen LogP contribution in [0.2, 0.25) is 0 Å². The van der Waals surface area contributed by atoms with E-state index in [-0.39, 0.29) is 13.0 Å². The number of rotatable bonds is 13. The second kappa shape index (κ2) is 13.7. The highest BCUT2D eigenvalue weighted by Crippen LogP contribution is 2.30. The van der Waals surface area contributed by atoms with Crippen LogP contribution in [0.1, 0.15) is 40.5 Å². The maximum atomic E-state index is 13.2. The van der Waals surface area contributed by atoms with Crippen LogP contribution in [0.5, 0.6) is 0 Å². The van der Waals surface area contributed by atoms with Gasteiger partial charge in [0.15, 0.2) is 5.70 Å². The van der Waals surface area contributed by atoms with E-state index >= 15 is 0 Å². The summed E-state index contributed by atoms with van der Waals surface area (Å²) in [5.74, 6) is -4.35. The van der Waals surface area contributed by atoms with E-state index in [1.54, 1.807) is 20.8 Å². The summed E-state index contributed by atoms with van der Waals surface area (Å²) < 4.78 is 5.53. The van der Waals surface area contributed by atoms with Crippen LogP contribution in [-0.4, -0.2) is 87.2 Å². The Labute approximate surface area is 212 Å². The standard InChI is InChI=1S/C25H38N4O7/c1-8-18(17-15-36-13-12-26-17)28(20(32)10-3)22(24(34)35)23(27-19(31)9-2)29(21(33)11-4)25(6,7)14-16(5)30/h9-11,16-18,26,30H,2-4,8,12-15H2,1,5-7H3,(H,27,31)(H,34,35). The number of hydrogen-bond acceptors (Lipinski definition) is 7. The third-order valence-electron chi connectivity index (χ3n) is 5.69. The number of morpholine rings is 1. The number of aliphatic hydroxyl groups is 1. The first-order valence-corrected chi connectivity index (χ1v) is 11.7. The van der Waals surface area contributed by atoms with Crippen LogP contribution in [0, 0.1) is 0 Å². The van der Waals surface area contributed by atoms with Gasteiger partial charge in [-0.1, -0.05) is 26.7 Å². The number of carbonyl (C=O) groups excluding carboxylic acids is 3. The average Bonchev–Trinajstić information content (AvgIpc) is 2.82. The minimum Gasteiger partial charge on any atom is -0.476 e. The number of hydrogen-bond donors (Lipinski definition) is 4. The number of carbonyl (C=O) groups is 4. The number of nitrogens with zero attached hydrogens (tertiary/aromatic N) is 2. The molecule has 0 aliphatic carbocycles. The molecule has 1 fully saturated rings. The lowest BCUT2D eigenvalue weighted by Crippen LogP contribution is -2.59. The van der Waals surface area contributed by atoms with Gasteiger partial charge in [0.2, 0.25) is 5.91 Å². The van der Waals surface area contributed by atoms with Gasteiger partial charge in [-0.25, -0.2) is 4.79 Å². The number of amides is 3. The van der Waals surface area contributed by atoms with Crippen LogP contribution in [0.4, 0.5) is 0 Å². The van der Waals surface area contributed by atoms with Gasteiger partial charge in [-0.2, -0.15) is 0 Å². The Morgan fingerprint density at radius 2 is 1.78 bits per heavy atom.